The van der Waals surface area contributed by atoms with Crippen molar-refractivity contribution in [2.75, 3.05) is 5.32 Å². The normalized spacial score (nSPS) is 10.9. The molecule has 0 aliphatic carbocycles. The topological polar surface area (TPSA) is 62.1 Å². The molecule has 1 amide bonds. The van der Waals surface area contributed by atoms with E-state index < -0.39 is 5.91 Å². The summed E-state index contributed by atoms with van der Waals surface area (Å²) in [7, 11) is 0. The van der Waals surface area contributed by atoms with E-state index in [1.165, 1.54) is 6.08 Å². The van der Waals surface area contributed by atoms with Crippen LogP contribution in [0, 0.1) is 11.3 Å². The van der Waals surface area contributed by atoms with E-state index in [9.17, 15) is 10.1 Å². The van der Waals surface area contributed by atoms with Crippen LogP contribution in [0.5, 0.6) is 5.75 Å². The van der Waals surface area contributed by atoms with Gasteiger partial charge in [-0.15, -0.1) is 0 Å². The number of benzene rings is 3. The molecule has 0 aliphatic rings. The maximum atomic E-state index is 12.5. The molecule has 1 N–H and O–H groups in total. The molecule has 0 atom stereocenters. The first-order valence-electron chi connectivity index (χ1n) is 8.71. The van der Waals surface area contributed by atoms with Gasteiger partial charge in [-0.3, -0.25) is 4.79 Å². The Hall–Kier alpha value is -3.07. The van der Waals surface area contributed by atoms with E-state index in [-0.39, 0.29) is 5.57 Å². The molecule has 0 saturated carbocycles. The fourth-order valence-corrected chi connectivity index (χ4v) is 2.98. The third-order valence-corrected chi connectivity index (χ3v) is 4.87. The Bertz CT molecular complexity index is 1090. The summed E-state index contributed by atoms with van der Waals surface area (Å²) in [5.41, 5.74) is 2.03. The van der Waals surface area contributed by atoms with Gasteiger partial charge < -0.3 is 10.1 Å². The summed E-state index contributed by atoms with van der Waals surface area (Å²) in [6.45, 7) is 0.367. The number of para-hydroxylation sites is 2. The average molecular weight is 468 g/mol. The number of hydrogen-bond acceptors (Lipinski definition) is 3. The predicted molar refractivity (Wildman–Crippen MR) is 119 cm³/mol. The van der Waals surface area contributed by atoms with Gasteiger partial charge in [-0.25, -0.2) is 0 Å². The number of anilines is 1. The number of nitrogens with zero attached hydrogens (tertiary/aromatic N) is 1. The third kappa shape index (κ3) is 5.71. The molecular weight excluding hydrogens is 452 g/mol. The van der Waals surface area contributed by atoms with Crippen molar-refractivity contribution in [1.82, 2.24) is 0 Å². The van der Waals surface area contributed by atoms with Crippen molar-refractivity contribution in [2.24, 2.45) is 0 Å². The van der Waals surface area contributed by atoms with Crippen molar-refractivity contribution >= 4 is 45.2 Å². The van der Waals surface area contributed by atoms with Gasteiger partial charge in [-0.05, 0) is 42.0 Å². The highest BCUT2D eigenvalue weighted by molar-refractivity contribution is 9.10. The van der Waals surface area contributed by atoms with E-state index in [4.69, 9.17) is 16.3 Å². The first kappa shape index (κ1) is 20.7. The number of amides is 1. The van der Waals surface area contributed by atoms with Crippen LogP contribution in [0.15, 0.2) is 82.8 Å². The second-order valence-electron chi connectivity index (χ2n) is 6.06. The lowest BCUT2D eigenvalue weighted by atomic mass is 10.1. The Morgan fingerprint density at radius 2 is 1.76 bits per heavy atom. The predicted octanol–water partition coefficient (Wildman–Crippen LogP) is 6.23. The molecule has 0 unspecified atom stereocenters. The van der Waals surface area contributed by atoms with Crippen LogP contribution in [0.4, 0.5) is 5.69 Å². The molecule has 3 rings (SSSR count). The third-order valence-electron chi connectivity index (χ3n) is 4.01. The van der Waals surface area contributed by atoms with Gasteiger partial charge in [0.1, 0.15) is 24.0 Å². The lowest BCUT2D eigenvalue weighted by molar-refractivity contribution is -0.112. The molecule has 0 spiro atoms. The minimum Gasteiger partial charge on any atom is -0.488 e. The van der Waals surface area contributed by atoms with Gasteiger partial charge in [0.2, 0.25) is 0 Å². The lowest BCUT2D eigenvalue weighted by Crippen LogP contribution is -2.13. The number of hydrogen-bond donors (Lipinski definition) is 1. The van der Waals surface area contributed by atoms with Crippen LogP contribution in [0.3, 0.4) is 0 Å². The molecule has 0 fully saturated rings. The molecule has 29 heavy (non-hydrogen) atoms. The van der Waals surface area contributed by atoms with Crippen molar-refractivity contribution in [2.45, 2.75) is 6.61 Å². The zero-order valence-electron chi connectivity index (χ0n) is 15.2. The zero-order chi connectivity index (χ0) is 20.6. The van der Waals surface area contributed by atoms with Crippen LogP contribution in [0.25, 0.3) is 6.08 Å². The quantitative estimate of drug-likeness (QED) is 0.345. The molecule has 4 nitrogen and oxygen atoms in total. The number of nitrogens with one attached hydrogen (secondary N) is 1. The van der Waals surface area contributed by atoms with Gasteiger partial charge in [0.15, 0.2) is 0 Å². The highest BCUT2D eigenvalue weighted by atomic mass is 79.9. The van der Waals surface area contributed by atoms with Crippen LogP contribution in [-0.2, 0) is 11.4 Å². The van der Waals surface area contributed by atoms with Crippen molar-refractivity contribution in [3.8, 4) is 11.8 Å². The van der Waals surface area contributed by atoms with Crippen molar-refractivity contribution in [3.05, 3.63) is 99.0 Å². The summed E-state index contributed by atoms with van der Waals surface area (Å²) < 4.78 is 6.90. The second-order valence-corrected chi connectivity index (χ2v) is 7.38. The first-order valence-corrected chi connectivity index (χ1v) is 9.88. The standard InChI is InChI=1S/C23H16BrClN2O2/c24-19-11-9-16(10-12-19)15-29-22-8-4-1-5-17(22)13-18(14-26)23(28)27-21-7-3-2-6-20(21)25/h1-13H,15H2,(H,27,28)/b18-13+. The highest BCUT2D eigenvalue weighted by Gasteiger charge is 2.12. The van der Waals surface area contributed by atoms with E-state index >= 15 is 0 Å². The van der Waals surface area contributed by atoms with Crippen molar-refractivity contribution < 1.29 is 9.53 Å². The Balaban J connectivity index is 1.78. The molecule has 3 aromatic carbocycles. The molecule has 6 heteroatoms. The minimum absolute atomic E-state index is 0.0513. The number of halogens is 2. The number of carbonyl (C=O) groups excluding carboxylic acids is 1. The average Bonchev–Trinajstić information content (AvgIpc) is 2.74. The molecular formula is C23H16BrClN2O2. The van der Waals surface area contributed by atoms with E-state index in [1.54, 1.807) is 36.4 Å². The molecule has 0 bridgehead atoms. The lowest BCUT2D eigenvalue weighted by Gasteiger charge is -2.10. The zero-order valence-corrected chi connectivity index (χ0v) is 17.6. The van der Waals surface area contributed by atoms with E-state index in [0.29, 0.717) is 28.6 Å². The SMILES string of the molecule is N#C/C(=C\c1ccccc1OCc1ccc(Br)cc1)C(=O)Nc1ccccc1Cl. The molecule has 3 aromatic rings. The largest absolute Gasteiger partial charge is 0.488 e. The van der Waals surface area contributed by atoms with Crippen LogP contribution in [0.2, 0.25) is 5.02 Å². The van der Waals surface area contributed by atoms with Gasteiger partial charge in [0.05, 0.1) is 10.7 Å². The molecule has 0 heterocycles. The fraction of sp³-hybridized carbons (Fsp3) is 0.0435. The summed E-state index contributed by atoms with van der Waals surface area (Å²) in [5.74, 6) is 0.0389. The minimum atomic E-state index is -0.539. The number of ether oxygens (including phenoxy) is 1. The smallest absolute Gasteiger partial charge is 0.266 e. The maximum absolute atomic E-state index is 12.5. The van der Waals surface area contributed by atoms with Gasteiger partial charge in [0, 0.05) is 10.0 Å². The Morgan fingerprint density at radius 3 is 2.48 bits per heavy atom. The van der Waals surface area contributed by atoms with Crippen molar-refractivity contribution in [3.63, 3.8) is 0 Å². The van der Waals surface area contributed by atoms with Crippen molar-refractivity contribution in [1.29, 1.82) is 5.26 Å². The van der Waals surface area contributed by atoms with Crippen LogP contribution >= 0.6 is 27.5 Å². The number of rotatable bonds is 6. The van der Waals surface area contributed by atoms with E-state index in [2.05, 4.69) is 21.2 Å². The highest BCUT2D eigenvalue weighted by Crippen LogP contribution is 2.24. The van der Waals surface area contributed by atoms with Gasteiger partial charge in [-0.2, -0.15) is 5.26 Å². The summed E-state index contributed by atoms with van der Waals surface area (Å²) in [4.78, 5) is 12.5. The first-order chi connectivity index (χ1) is 14.1. The Labute approximate surface area is 182 Å². The molecule has 0 saturated heterocycles. The van der Waals surface area contributed by atoms with Gasteiger partial charge >= 0.3 is 0 Å². The monoisotopic (exact) mass is 466 g/mol. The van der Waals surface area contributed by atoms with E-state index in [1.807, 2.05) is 42.5 Å². The van der Waals surface area contributed by atoms with Gasteiger partial charge in [-0.1, -0.05) is 70.0 Å². The summed E-state index contributed by atoms with van der Waals surface area (Å²) >= 11 is 9.48. The molecule has 144 valence electrons. The van der Waals surface area contributed by atoms with Crippen LogP contribution in [-0.4, -0.2) is 5.91 Å². The summed E-state index contributed by atoms with van der Waals surface area (Å²) in [6, 6.07) is 23.8. The molecule has 0 aliphatic heterocycles. The second kappa shape index (κ2) is 9.92. The van der Waals surface area contributed by atoms with Crippen LogP contribution < -0.4 is 10.1 Å². The van der Waals surface area contributed by atoms with Crippen LogP contribution in [0.1, 0.15) is 11.1 Å². The number of carbonyl (C=O) groups is 1. The maximum Gasteiger partial charge on any atom is 0.266 e. The molecule has 0 radical (unpaired) electrons. The Kier molecular flexibility index (Phi) is 7.07. The fourth-order valence-electron chi connectivity index (χ4n) is 2.53. The summed E-state index contributed by atoms with van der Waals surface area (Å²) in [5, 5.41) is 12.5. The molecule has 0 aromatic heterocycles. The Morgan fingerprint density at radius 1 is 1.07 bits per heavy atom. The van der Waals surface area contributed by atoms with Gasteiger partial charge in [0.25, 0.3) is 5.91 Å². The summed E-state index contributed by atoms with van der Waals surface area (Å²) in [6.07, 6.45) is 1.50. The number of nitriles is 1. The van der Waals surface area contributed by atoms with E-state index in [0.717, 1.165) is 10.0 Å².